The number of carbonyl (C=O) groups excluding carboxylic acids is 1. The number of carbonyl (C=O) groups is 1. The van der Waals surface area contributed by atoms with E-state index in [2.05, 4.69) is 29.6 Å². The van der Waals surface area contributed by atoms with Crippen molar-refractivity contribution in [2.45, 2.75) is 44.1 Å². The van der Waals surface area contributed by atoms with Crippen molar-refractivity contribution in [3.63, 3.8) is 0 Å². The summed E-state index contributed by atoms with van der Waals surface area (Å²) in [7, 11) is 0. The topological polar surface area (TPSA) is 38.3 Å². The van der Waals surface area contributed by atoms with E-state index in [4.69, 9.17) is 4.74 Å². The van der Waals surface area contributed by atoms with Gasteiger partial charge in [-0.2, -0.15) is 0 Å². The zero-order valence-electron chi connectivity index (χ0n) is 15.2. The highest BCUT2D eigenvalue weighted by Crippen LogP contribution is 2.48. The van der Waals surface area contributed by atoms with Crippen LogP contribution >= 0.6 is 0 Å². The number of rotatable bonds is 5. The Labute approximate surface area is 155 Å². The minimum Gasteiger partial charge on any atom is -0.381 e. The Hall–Kier alpha value is -2.13. The van der Waals surface area contributed by atoms with Gasteiger partial charge in [-0.3, -0.25) is 4.79 Å². The molecule has 1 atom stereocenters. The molecule has 1 N–H and O–H groups in total. The Morgan fingerprint density at radius 2 is 1.54 bits per heavy atom. The molecule has 3 nitrogen and oxygen atoms in total. The van der Waals surface area contributed by atoms with Crippen LogP contribution in [0.3, 0.4) is 0 Å². The predicted octanol–water partition coefficient (Wildman–Crippen LogP) is 4.28. The lowest BCUT2D eigenvalue weighted by atomic mass is 9.60. The Morgan fingerprint density at radius 3 is 2.04 bits per heavy atom. The highest BCUT2D eigenvalue weighted by atomic mass is 16.5. The van der Waals surface area contributed by atoms with Crippen LogP contribution in [0.2, 0.25) is 0 Å². The van der Waals surface area contributed by atoms with Crippen molar-refractivity contribution >= 4 is 5.91 Å². The normalized spacial score (nSPS) is 21.3. The van der Waals surface area contributed by atoms with Crippen molar-refractivity contribution in [1.29, 1.82) is 0 Å². The molecule has 0 bridgehead atoms. The molecule has 0 radical (unpaired) electrons. The van der Waals surface area contributed by atoms with Gasteiger partial charge >= 0.3 is 0 Å². The summed E-state index contributed by atoms with van der Waals surface area (Å²) in [4.78, 5) is 12.9. The summed E-state index contributed by atoms with van der Waals surface area (Å²) in [5, 5.41) is 3.35. The lowest BCUT2D eigenvalue weighted by molar-refractivity contribution is -0.127. The number of benzene rings is 2. The average Bonchev–Trinajstić information content (AvgIpc) is 2.71. The Morgan fingerprint density at radius 1 is 0.962 bits per heavy atom. The van der Waals surface area contributed by atoms with E-state index in [1.807, 2.05) is 36.4 Å². The summed E-state index contributed by atoms with van der Waals surface area (Å²) in [5.41, 5.74) is 2.69. The van der Waals surface area contributed by atoms with E-state index in [0.29, 0.717) is 17.9 Å². The number of hydrogen-bond donors (Lipinski definition) is 1. The zero-order valence-corrected chi connectivity index (χ0v) is 15.2. The molecule has 1 amide bonds. The fourth-order valence-electron chi connectivity index (χ4n) is 4.54. The third-order valence-electron chi connectivity index (χ3n) is 6.29. The minimum atomic E-state index is 0.100. The Balaban J connectivity index is 1.47. The van der Waals surface area contributed by atoms with Crippen LogP contribution < -0.4 is 5.32 Å². The molecule has 1 saturated carbocycles. The summed E-state index contributed by atoms with van der Waals surface area (Å²) in [6.45, 7) is 1.67. The number of nitrogens with one attached hydrogen (secondary N) is 1. The van der Waals surface area contributed by atoms with Gasteiger partial charge in [0.1, 0.15) is 0 Å². The fourth-order valence-corrected chi connectivity index (χ4v) is 4.54. The predicted molar refractivity (Wildman–Crippen MR) is 103 cm³/mol. The van der Waals surface area contributed by atoms with Crippen LogP contribution in [0.15, 0.2) is 60.7 Å². The smallest absolute Gasteiger partial charge is 0.221 e. The van der Waals surface area contributed by atoms with Crippen molar-refractivity contribution in [3.05, 3.63) is 71.8 Å². The summed E-state index contributed by atoms with van der Waals surface area (Å²) in [6, 6.07) is 21.0. The molecule has 2 aliphatic rings. The monoisotopic (exact) mass is 349 g/mol. The van der Waals surface area contributed by atoms with E-state index < -0.39 is 0 Å². The average molecular weight is 349 g/mol. The van der Waals surface area contributed by atoms with E-state index in [1.165, 1.54) is 17.5 Å². The molecule has 1 spiro atoms. The van der Waals surface area contributed by atoms with E-state index in [1.54, 1.807) is 0 Å². The van der Waals surface area contributed by atoms with Gasteiger partial charge in [0.15, 0.2) is 0 Å². The van der Waals surface area contributed by atoms with Gasteiger partial charge in [0, 0.05) is 31.6 Å². The first-order valence-corrected chi connectivity index (χ1v) is 9.74. The van der Waals surface area contributed by atoms with E-state index in [-0.39, 0.29) is 11.8 Å². The standard InChI is InChI=1S/C23H27NO2/c25-22(24-21-11-12-23(21)13-15-26-16-14-23)17-20(18-7-3-1-4-8-18)19-9-5-2-6-10-19/h1-10,20-21H,11-17H2,(H,24,25). The second-order valence-corrected chi connectivity index (χ2v) is 7.71. The maximum Gasteiger partial charge on any atom is 0.221 e. The van der Waals surface area contributed by atoms with Crippen molar-refractivity contribution in [1.82, 2.24) is 5.32 Å². The van der Waals surface area contributed by atoms with Crippen LogP contribution in [0.25, 0.3) is 0 Å². The van der Waals surface area contributed by atoms with Crippen LogP contribution in [-0.4, -0.2) is 25.2 Å². The van der Waals surface area contributed by atoms with Gasteiger partial charge in [-0.15, -0.1) is 0 Å². The van der Waals surface area contributed by atoms with E-state index in [9.17, 15) is 4.79 Å². The first kappa shape index (κ1) is 17.3. The molecule has 1 heterocycles. The van der Waals surface area contributed by atoms with Crippen molar-refractivity contribution in [2.24, 2.45) is 5.41 Å². The van der Waals surface area contributed by atoms with Crippen molar-refractivity contribution in [2.75, 3.05) is 13.2 Å². The quantitative estimate of drug-likeness (QED) is 0.875. The number of amides is 1. The summed E-state index contributed by atoms with van der Waals surface area (Å²) < 4.78 is 5.52. The highest BCUT2D eigenvalue weighted by Gasteiger charge is 2.47. The SMILES string of the molecule is O=C(CC(c1ccccc1)c1ccccc1)NC1CCC12CCOCC2. The minimum absolute atomic E-state index is 0.100. The summed E-state index contributed by atoms with van der Waals surface area (Å²) >= 11 is 0. The Kier molecular flexibility index (Phi) is 5.07. The van der Waals surface area contributed by atoms with Gasteiger partial charge in [-0.1, -0.05) is 60.7 Å². The number of ether oxygens (including phenoxy) is 1. The molecule has 0 aromatic heterocycles. The molecule has 3 heteroatoms. The van der Waals surface area contributed by atoms with Gasteiger partial charge in [0.25, 0.3) is 0 Å². The molecular formula is C23H27NO2. The van der Waals surface area contributed by atoms with Crippen LogP contribution in [0.5, 0.6) is 0 Å². The molecule has 4 rings (SSSR count). The maximum atomic E-state index is 12.9. The lowest BCUT2D eigenvalue weighted by Gasteiger charge is -2.52. The zero-order chi connectivity index (χ0) is 17.8. The molecule has 2 aromatic rings. The molecule has 26 heavy (non-hydrogen) atoms. The first-order chi connectivity index (χ1) is 12.8. The second-order valence-electron chi connectivity index (χ2n) is 7.71. The van der Waals surface area contributed by atoms with Crippen molar-refractivity contribution in [3.8, 4) is 0 Å². The number of hydrogen-bond acceptors (Lipinski definition) is 2. The van der Waals surface area contributed by atoms with Gasteiger partial charge < -0.3 is 10.1 Å². The van der Waals surface area contributed by atoms with Crippen LogP contribution in [0.4, 0.5) is 0 Å². The molecular weight excluding hydrogens is 322 g/mol. The largest absolute Gasteiger partial charge is 0.381 e. The highest BCUT2D eigenvalue weighted by molar-refractivity contribution is 5.78. The third-order valence-corrected chi connectivity index (χ3v) is 6.29. The molecule has 2 aromatic carbocycles. The van der Waals surface area contributed by atoms with Crippen molar-refractivity contribution < 1.29 is 9.53 Å². The summed E-state index contributed by atoms with van der Waals surface area (Å²) in [5.74, 6) is 0.265. The molecule has 136 valence electrons. The van der Waals surface area contributed by atoms with Gasteiger partial charge in [0.05, 0.1) is 0 Å². The molecule has 2 fully saturated rings. The molecule has 1 saturated heterocycles. The lowest BCUT2D eigenvalue weighted by Crippen LogP contribution is -2.57. The fraction of sp³-hybridized carbons (Fsp3) is 0.435. The second kappa shape index (κ2) is 7.63. The Bertz CT molecular complexity index is 683. The molecule has 1 unspecified atom stereocenters. The van der Waals surface area contributed by atoms with Gasteiger partial charge in [0.2, 0.25) is 5.91 Å². The molecule has 1 aliphatic heterocycles. The third kappa shape index (κ3) is 3.54. The van der Waals surface area contributed by atoms with Gasteiger partial charge in [-0.25, -0.2) is 0 Å². The van der Waals surface area contributed by atoms with E-state index >= 15 is 0 Å². The first-order valence-electron chi connectivity index (χ1n) is 9.74. The molecule has 1 aliphatic carbocycles. The van der Waals surface area contributed by atoms with Crippen LogP contribution in [0.1, 0.15) is 49.1 Å². The van der Waals surface area contributed by atoms with Crippen LogP contribution in [-0.2, 0) is 9.53 Å². The van der Waals surface area contributed by atoms with Crippen LogP contribution in [0, 0.1) is 5.41 Å². The van der Waals surface area contributed by atoms with Gasteiger partial charge in [-0.05, 0) is 42.2 Å². The van der Waals surface area contributed by atoms with E-state index in [0.717, 1.165) is 32.5 Å². The summed E-state index contributed by atoms with van der Waals surface area (Å²) in [6.07, 6.45) is 4.99. The maximum absolute atomic E-state index is 12.9.